The van der Waals surface area contributed by atoms with E-state index in [2.05, 4.69) is 24.0 Å². The Bertz CT molecular complexity index is 488. The van der Waals surface area contributed by atoms with Crippen molar-refractivity contribution in [1.82, 2.24) is 4.90 Å². The molecule has 0 bridgehead atoms. The van der Waals surface area contributed by atoms with Gasteiger partial charge in [0.15, 0.2) is 0 Å². The summed E-state index contributed by atoms with van der Waals surface area (Å²) in [6.45, 7) is 3.42. The summed E-state index contributed by atoms with van der Waals surface area (Å²) in [4.78, 5) is 2.58. The molecule has 1 aromatic carbocycles. The van der Waals surface area contributed by atoms with E-state index in [1.54, 1.807) is 7.11 Å². The molecule has 3 heteroatoms. The number of methoxy groups -OCH3 is 1. The molecule has 0 aromatic heterocycles. The molecule has 2 aliphatic rings. The average Bonchev–Trinajstić information content (AvgIpc) is 2.55. The number of hydrogen-bond acceptors (Lipinski definition) is 3. The van der Waals surface area contributed by atoms with Crippen LogP contribution in [0, 0.1) is 0 Å². The van der Waals surface area contributed by atoms with Gasteiger partial charge in [0.25, 0.3) is 0 Å². The van der Waals surface area contributed by atoms with Crippen LogP contribution in [0.15, 0.2) is 18.2 Å². The standard InChI is InChI=1S/C18H27NO2/c1-3-14-6-4-5-11-19(14)17-10-7-13-12-15(21-2)8-9-16(13)18(17)20/h8-9,12,14,17-18,20H,3-7,10-11H2,1-2H3. The van der Waals surface area contributed by atoms with Crippen LogP contribution in [0.4, 0.5) is 0 Å². The van der Waals surface area contributed by atoms with Gasteiger partial charge in [-0.25, -0.2) is 0 Å². The fourth-order valence-corrected chi connectivity index (χ4v) is 4.13. The van der Waals surface area contributed by atoms with E-state index in [4.69, 9.17) is 4.74 Å². The number of fused-ring (bicyclic) bond motifs is 1. The van der Waals surface area contributed by atoms with Gasteiger partial charge in [0.1, 0.15) is 5.75 Å². The molecule has 3 unspecified atom stereocenters. The number of aliphatic hydroxyl groups excluding tert-OH is 1. The van der Waals surface area contributed by atoms with Gasteiger partial charge in [0.05, 0.1) is 13.2 Å². The Balaban J connectivity index is 1.82. The first-order chi connectivity index (χ1) is 10.2. The van der Waals surface area contributed by atoms with Crippen LogP contribution in [-0.4, -0.2) is 35.7 Å². The van der Waals surface area contributed by atoms with Crippen LogP contribution in [0.25, 0.3) is 0 Å². The molecule has 116 valence electrons. The number of piperidine rings is 1. The van der Waals surface area contributed by atoms with Gasteiger partial charge in [-0.2, -0.15) is 0 Å². The van der Waals surface area contributed by atoms with Crippen molar-refractivity contribution in [2.75, 3.05) is 13.7 Å². The average molecular weight is 289 g/mol. The fraction of sp³-hybridized carbons (Fsp3) is 0.667. The van der Waals surface area contributed by atoms with E-state index >= 15 is 0 Å². The Labute approximate surface area is 127 Å². The molecule has 0 amide bonds. The predicted molar refractivity (Wildman–Crippen MR) is 84.7 cm³/mol. The predicted octanol–water partition coefficient (Wildman–Crippen LogP) is 3.31. The molecule has 3 atom stereocenters. The SMILES string of the molecule is CCC1CCCCN1C1CCc2cc(OC)ccc2C1O. The number of nitrogens with zero attached hydrogens (tertiary/aromatic N) is 1. The van der Waals surface area contributed by atoms with Crippen LogP contribution in [-0.2, 0) is 6.42 Å². The molecule has 21 heavy (non-hydrogen) atoms. The van der Waals surface area contributed by atoms with Crippen LogP contribution in [0.3, 0.4) is 0 Å². The summed E-state index contributed by atoms with van der Waals surface area (Å²) in [7, 11) is 1.70. The van der Waals surface area contributed by atoms with Gasteiger partial charge in [0, 0.05) is 12.1 Å². The molecule has 1 aliphatic heterocycles. The van der Waals surface area contributed by atoms with E-state index in [0.29, 0.717) is 6.04 Å². The van der Waals surface area contributed by atoms with Crippen molar-refractivity contribution >= 4 is 0 Å². The summed E-state index contributed by atoms with van der Waals surface area (Å²) in [5.41, 5.74) is 2.36. The molecule has 0 radical (unpaired) electrons. The van der Waals surface area contributed by atoms with Crippen molar-refractivity contribution in [2.45, 2.75) is 63.6 Å². The minimum Gasteiger partial charge on any atom is -0.497 e. The zero-order chi connectivity index (χ0) is 14.8. The molecule has 1 N–H and O–H groups in total. The van der Waals surface area contributed by atoms with Crippen LogP contribution in [0.2, 0.25) is 0 Å². The summed E-state index contributed by atoms with van der Waals surface area (Å²) in [6.07, 6.45) is 6.83. The number of aryl methyl sites for hydroxylation is 1. The van der Waals surface area contributed by atoms with Gasteiger partial charge < -0.3 is 9.84 Å². The molecule has 1 fully saturated rings. The summed E-state index contributed by atoms with van der Waals surface area (Å²) in [5.74, 6) is 0.892. The second-order valence-electron chi connectivity index (χ2n) is 6.41. The van der Waals surface area contributed by atoms with E-state index in [0.717, 1.165) is 30.7 Å². The van der Waals surface area contributed by atoms with Gasteiger partial charge in [-0.3, -0.25) is 4.90 Å². The highest BCUT2D eigenvalue weighted by molar-refractivity contribution is 5.39. The Kier molecular flexibility index (Phi) is 4.51. The lowest BCUT2D eigenvalue weighted by Gasteiger charge is -2.45. The van der Waals surface area contributed by atoms with Crippen molar-refractivity contribution in [3.8, 4) is 5.75 Å². The van der Waals surface area contributed by atoms with E-state index < -0.39 is 0 Å². The minimum atomic E-state index is -0.355. The van der Waals surface area contributed by atoms with Crippen LogP contribution >= 0.6 is 0 Å². The van der Waals surface area contributed by atoms with Crippen molar-refractivity contribution in [3.63, 3.8) is 0 Å². The number of hydrogen-bond donors (Lipinski definition) is 1. The topological polar surface area (TPSA) is 32.7 Å². The molecule has 3 rings (SSSR count). The lowest BCUT2D eigenvalue weighted by molar-refractivity contribution is -0.00428. The van der Waals surface area contributed by atoms with E-state index in [1.165, 1.54) is 31.2 Å². The molecule has 3 nitrogen and oxygen atoms in total. The maximum Gasteiger partial charge on any atom is 0.119 e. The van der Waals surface area contributed by atoms with Crippen molar-refractivity contribution in [3.05, 3.63) is 29.3 Å². The smallest absolute Gasteiger partial charge is 0.119 e. The molecule has 0 saturated carbocycles. The Hall–Kier alpha value is -1.06. The highest BCUT2D eigenvalue weighted by Crippen LogP contribution is 2.37. The monoisotopic (exact) mass is 289 g/mol. The van der Waals surface area contributed by atoms with Crippen LogP contribution < -0.4 is 4.74 Å². The van der Waals surface area contributed by atoms with E-state index in [9.17, 15) is 5.11 Å². The Morgan fingerprint density at radius 3 is 2.90 bits per heavy atom. The molecule has 1 aliphatic carbocycles. The molecular formula is C18H27NO2. The largest absolute Gasteiger partial charge is 0.497 e. The van der Waals surface area contributed by atoms with Crippen molar-refractivity contribution in [1.29, 1.82) is 0 Å². The quantitative estimate of drug-likeness (QED) is 0.926. The molecular weight excluding hydrogens is 262 g/mol. The van der Waals surface area contributed by atoms with Gasteiger partial charge in [-0.1, -0.05) is 19.4 Å². The summed E-state index contributed by atoms with van der Waals surface area (Å²) in [5, 5.41) is 10.9. The zero-order valence-electron chi connectivity index (χ0n) is 13.2. The summed E-state index contributed by atoms with van der Waals surface area (Å²) >= 11 is 0. The van der Waals surface area contributed by atoms with E-state index in [-0.39, 0.29) is 12.1 Å². The van der Waals surface area contributed by atoms with Crippen molar-refractivity contribution in [2.24, 2.45) is 0 Å². The van der Waals surface area contributed by atoms with Gasteiger partial charge in [0.2, 0.25) is 0 Å². The third-order valence-electron chi connectivity index (χ3n) is 5.31. The number of likely N-dealkylation sites (tertiary alicyclic amines) is 1. The van der Waals surface area contributed by atoms with Crippen LogP contribution in [0.5, 0.6) is 5.75 Å². The Morgan fingerprint density at radius 1 is 1.29 bits per heavy atom. The second-order valence-corrected chi connectivity index (χ2v) is 6.41. The summed E-state index contributed by atoms with van der Waals surface area (Å²) < 4.78 is 5.30. The van der Waals surface area contributed by atoms with Gasteiger partial charge in [-0.05, 0) is 61.9 Å². The third kappa shape index (κ3) is 2.82. The first-order valence-corrected chi connectivity index (χ1v) is 8.35. The maximum atomic E-state index is 10.9. The highest BCUT2D eigenvalue weighted by atomic mass is 16.5. The lowest BCUT2D eigenvalue weighted by atomic mass is 9.83. The lowest BCUT2D eigenvalue weighted by Crippen LogP contribution is -2.50. The normalized spacial score (nSPS) is 30.0. The fourth-order valence-electron chi connectivity index (χ4n) is 4.13. The maximum absolute atomic E-state index is 10.9. The van der Waals surface area contributed by atoms with Crippen LogP contribution in [0.1, 0.15) is 56.3 Å². The first-order valence-electron chi connectivity index (χ1n) is 8.35. The molecule has 1 saturated heterocycles. The van der Waals surface area contributed by atoms with Crippen molar-refractivity contribution < 1.29 is 9.84 Å². The third-order valence-corrected chi connectivity index (χ3v) is 5.31. The number of ether oxygens (including phenoxy) is 1. The molecule has 1 heterocycles. The molecule has 1 aromatic rings. The zero-order valence-corrected chi connectivity index (χ0v) is 13.2. The Morgan fingerprint density at radius 2 is 2.14 bits per heavy atom. The number of benzene rings is 1. The second kappa shape index (κ2) is 6.37. The summed E-state index contributed by atoms with van der Waals surface area (Å²) in [6, 6.07) is 7.05. The highest BCUT2D eigenvalue weighted by Gasteiger charge is 2.36. The first kappa shape index (κ1) is 14.9. The van der Waals surface area contributed by atoms with Gasteiger partial charge in [-0.15, -0.1) is 0 Å². The number of aliphatic hydroxyl groups is 1. The minimum absolute atomic E-state index is 0.288. The van der Waals surface area contributed by atoms with E-state index in [1.807, 2.05) is 6.07 Å². The molecule has 0 spiro atoms. The van der Waals surface area contributed by atoms with Gasteiger partial charge >= 0.3 is 0 Å². The number of rotatable bonds is 3.